The van der Waals surface area contributed by atoms with Crippen LogP contribution in [0.4, 0.5) is 5.69 Å². The number of likely N-dealkylation sites (tertiary alicyclic amines) is 1. The molecule has 8 nitrogen and oxygen atoms in total. The maximum absolute atomic E-state index is 12.9. The molecule has 1 aromatic heterocycles. The molecule has 0 bridgehead atoms. The van der Waals surface area contributed by atoms with Crippen LogP contribution < -0.4 is 19.5 Å². The van der Waals surface area contributed by atoms with Crippen molar-refractivity contribution in [3.8, 4) is 17.4 Å². The number of nitrogens with zero attached hydrogens (tertiary/aromatic N) is 2. The second kappa shape index (κ2) is 11.1. The van der Waals surface area contributed by atoms with Gasteiger partial charge in [-0.15, -0.1) is 0 Å². The highest BCUT2D eigenvalue weighted by atomic mass is 35.5. The first-order valence-corrected chi connectivity index (χ1v) is 12.7. The second-order valence-corrected chi connectivity index (χ2v) is 9.53. The molecule has 0 atom stereocenters. The van der Waals surface area contributed by atoms with E-state index in [9.17, 15) is 9.59 Å². The number of amides is 2. The van der Waals surface area contributed by atoms with Gasteiger partial charge in [-0.2, -0.15) is 0 Å². The molecule has 0 radical (unpaired) electrons. The van der Waals surface area contributed by atoms with Crippen LogP contribution in [-0.4, -0.2) is 48.7 Å². The van der Waals surface area contributed by atoms with Crippen molar-refractivity contribution in [3.05, 3.63) is 76.4 Å². The van der Waals surface area contributed by atoms with E-state index >= 15 is 0 Å². The van der Waals surface area contributed by atoms with Crippen molar-refractivity contribution in [1.29, 1.82) is 0 Å². The molecule has 0 unspecified atom stereocenters. The normalized spacial score (nSPS) is 14.9. The van der Waals surface area contributed by atoms with Crippen LogP contribution in [-0.2, 0) is 11.2 Å². The van der Waals surface area contributed by atoms with Crippen LogP contribution in [0, 0.1) is 0 Å². The molecule has 2 aliphatic heterocycles. The second-order valence-electron chi connectivity index (χ2n) is 9.15. The van der Waals surface area contributed by atoms with E-state index in [0.29, 0.717) is 43.3 Å². The van der Waals surface area contributed by atoms with Gasteiger partial charge in [-0.1, -0.05) is 29.8 Å². The zero-order chi connectivity index (χ0) is 25.8. The summed E-state index contributed by atoms with van der Waals surface area (Å²) in [5.74, 6) is 2.04. The molecule has 0 aliphatic carbocycles. The number of benzene rings is 2. The van der Waals surface area contributed by atoms with E-state index in [1.54, 1.807) is 12.1 Å². The number of aromatic nitrogens is 1. The molecule has 1 fully saturated rings. The Bertz CT molecular complexity index is 1290. The number of methoxy groups -OCH3 is 1. The molecular formula is C28H28ClN3O5. The van der Waals surface area contributed by atoms with Crippen LogP contribution in [0.1, 0.15) is 46.7 Å². The van der Waals surface area contributed by atoms with Crippen molar-refractivity contribution in [1.82, 2.24) is 9.88 Å². The molecule has 3 heterocycles. The zero-order valence-corrected chi connectivity index (χ0v) is 21.3. The number of anilines is 1. The number of hydrogen-bond donors (Lipinski definition) is 1. The standard InChI is InChI=1S/C28H28ClN3O5/c1-35-27-16-21(15-25(29)31-27)28(34)32-12-10-20(11-13-32)19-4-6-22(7-5-19)30-26(33)9-3-18-2-8-23-24(14-18)37-17-36-23/h2,4-8,14-16,20H,3,9-13,17H2,1H3,(H,30,33). The summed E-state index contributed by atoms with van der Waals surface area (Å²) in [5.41, 5.74) is 3.49. The van der Waals surface area contributed by atoms with E-state index < -0.39 is 0 Å². The molecule has 9 heteroatoms. The van der Waals surface area contributed by atoms with Gasteiger partial charge in [0.15, 0.2) is 11.5 Å². The SMILES string of the molecule is COc1cc(C(=O)N2CCC(c3ccc(NC(=O)CCc4ccc5c(c4)OCO5)cc3)CC2)cc(Cl)n1. The topological polar surface area (TPSA) is 90.0 Å². The van der Waals surface area contributed by atoms with E-state index in [1.165, 1.54) is 12.7 Å². The minimum Gasteiger partial charge on any atom is -0.481 e. The number of pyridine rings is 1. The van der Waals surface area contributed by atoms with Gasteiger partial charge in [-0.05, 0) is 66.6 Å². The van der Waals surface area contributed by atoms with Gasteiger partial charge in [0.1, 0.15) is 5.15 Å². The largest absolute Gasteiger partial charge is 0.481 e. The first-order valence-electron chi connectivity index (χ1n) is 12.3. The summed E-state index contributed by atoms with van der Waals surface area (Å²) >= 11 is 6.03. The maximum atomic E-state index is 12.9. The van der Waals surface area contributed by atoms with Gasteiger partial charge in [0, 0.05) is 36.8 Å². The lowest BCUT2D eigenvalue weighted by Crippen LogP contribution is -2.38. The summed E-state index contributed by atoms with van der Waals surface area (Å²) in [7, 11) is 1.50. The number of piperidine rings is 1. The maximum Gasteiger partial charge on any atom is 0.254 e. The van der Waals surface area contributed by atoms with E-state index in [-0.39, 0.29) is 23.8 Å². The fraction of sp³-hybridized carbons (Fsp3) is 0.321. The summed E-state index contributed by atoms with van der Waals surface area (Å²) in [6.07, 6.45) is 2.73. The molecule has 37 heavy (non-hydrogen) atoms. The van der Waals surface area contributed by atoms with Gasteiger partial charge < -0.3 is 24.4 Å². The first kappa shape index (κ1) is 24.9. The van der Waals surface area contributed by atoms with Crippen molar-refractivity contribution in [3.63, 3.8) is 0 Å². The van der Waals surface area contributed by atoms with E-state index in [0.717, 1.165) is 35.6 Å². The number of aryl methyl sites for hydroxylation is 1. The number of carbonyl (C=O) groups is 2. The third kappa shape index (κ3) is 5.97. The number of rotatable bonds is 7. The number of nitrogens with one attached hydrogen (secondary N) is 1. The van der Waals surface area contributed by atoms with E-state index in [2.05, 4.69) is 22.4 Å². The van der Waals surface area contributed by atoms with Crippen LogP contribution in [0.2, 0.25) is 5.15 Å². The fourth-order valence-corrected chi connectivity index (χ4v) is 4.92. The Morgan fingerprint density at radius 1 is 1.05 bits per heavy atom. The highest BCUT2D eigenvalue weighted by Crippen LogP contribution is 2.33. The molecular weight excluding hydrogens is 494 g/mol. The molecule has 2 aromatic carbocycles. The minimum absolute atomic E-state index is 0.0370. The van der Waals surface area contributed by atoms with Gasteiger partial charge in [0.05, 0.1) is 7.11 Å². The fourth-order valence-electron chi connectivity index (χ4n) is 4.72. The number of halogens is 1. The average Bonchev–Trinajstić information content (AvgIpc) is 3.40. The predicted molar refractivity (Wildman–Crippen MR) is 140 cm³/mol. The summed E-state index contributed by atoms with van der Waals surface area (Å²) in [6.45, 7) is 1.55. The third-order valence-electron chi connectivity index (χ3n) is 6.75. The Labute approximate surface area is 220 Å². The smallest absolute Gasteiger partial charge is 0.254 e. The predicted octanol–water partition coefficient (Wildman–Crippen LogP) is 5.06. The molecule has 2 amide bonds. The van der Waals surface area contributed by atoms with Crippen molar-refractivity contribution in [2.45, 2.75) is 31.6 Å². The lowest BCUT2D eigenvalue weighted by molar-refractivity contribution is -0.116. The van der Waals surface area contributed by atoms with Crippen LogP contribution in [0.25, 0.3) is 0 Å². The van der Waals surface area contributed by atoms with Gasteiger partial charge in [-0.25, -0.2) is 4.98 Å². The monoisotopic (exact) mass is 521 g/mol. The van der Waals surface area contributed by atoms with Crippen molar-refractivity contribution in [2.75, 3.05) is 32.3 Å². The number of fused-ring (bicyclic) bond motifs is 1. The molecule has 2 aliphatic rings. The van der Waals surface area contributed by atoms with Crippen LogP contribution in [0.5, 0.6) is 17.4 Å². The van der Waals surface area contributed by atoms with Gasteiger partial charge in [0.25, 0.3) is 5.91 Å². The van der Waals surface area contributed by atoms with Crippen molar-refractivity contribution in [2.24, 2.45) is 0 Å². The minimum atomic E-state index is -0.0696. The lowest BCUT2D eigenvalue weighted by Gasteiger charge is -2.32. The Balaban J connectivity index is 1.10. The Hall–Kier alpha value is -3.78. The van der Waals surface area contributed by atoms with E-state index in [1.807, 2.05) is 35.2 Å². The van der Waals surface area contributed by atoms with Crippen molar-refractivity contribution < 1.29 is 23.8 Å². The Morgan fingerprint density at radius 3 is 2.57 bits per heavy atom. The number of carbonyl (C=O) groups excluding carboxylic acids is 2. The quantitative estimate of drug-likeness (QED) is 0.437. The molecule has 0 spiro atoms. The number of ether oxygens (including phenoxy) is 3. The average molecular weight is 522 g/mol. The lowest BCUT2D eigenvalue weighted by atomic mass is 9.89. The van der Waals surface area contributed by atoms with Crippen LogP contribution in [0.3, 0.4) is 0 Å². The van der Waals surface area contributed by atoms with Crippen LogP contribution in [0.15, 0.2) is 54.6 Å². The highest BCUT2D eigenvalue weighted by Gasteiger charge is 2.25. The number of hydrogen-bond acceptors (Lipinski definition) is 6. The first-order chi connectivity index (χ1) is 18.0. The molecule has 3 aromatic rings. The molecule has 5 rings (SSSR count). The summed E-state index contributed by atoms with van der Waals surface area (Å²) < 4.78 is 15.9. The molecule has 0 saturated carbocycles. The molecule has 1 N–H and O–H groups in total. The highest BCUT2D eigenvalue weighted by molar-refractivity contribution is 6.29. The van der Waals surface area contributed by atoms with E-state index in [4.69, 9.17) is 25.8 Å². The van der Waals surface area contributed by atoms with Crippen LogP contribution >= 0.6 is 11.6 Å². The van der Waals surface area contributed by atoms with Gasteiger partial charge in [-0.3, -0.25) is 9.59 Å². The summed E-state index contributed by atoms with van der Waals surface area (Å²) in [4.78, 5) is 31.3. The zero-order valence-electron chi connectivity index (χ0n) is 20.5. The third-order valence-corrected chi connectivity index (χ3v) is 6.95. The van der Waals surface area contributed by atoms with Gasteiger partial charge in [0.2, 0.25) is 18.6 Å². The molecule has 192 valence electrons. The summed E-state index contributed by atoms with van der Waals surface area (Å²) in [6, 6.07) is 16.9. The molecule has 1 saturated heterocycles. The van der Waals surface area contributed by atoms with Gasteiger partial charge >= 0.3 is 0 Å². The summed E-state index contributed by atoms with van der Waals surface area (Å²) in [5, 5.41) is 3.21. The van der Waals surface area contributed by atoms with Crippen molar-refractivity contribution >= 4 is 29.1 Å². The Kier molecular flexibility index (Phi) is 7.46. The Morgan fingerprint density at radius 2 is 1.81 bits per heavy atom.